The van der Waals surface area contributed by atoms with E-state index in [4.69, 9.17) is 4.74 Å². The van der Waals surface area contributed by atoms with Gasteiger partial charge in [0.1, 0.15) is 0 Å². The molecule has 2 saturated carbocycles. The van der Waals surface area contributed by atoms with Crippen molar-refractivity contribution in [1.29, 1.82) is 0 Å². The minimum Gasteiger partial charge on any atom is -0.498 e. The van der Waals surface area contributed by atoms with Crippen LogP contribution in [0.2, 0.25) is 0 Å². The highest BCUT2D eigenvalue weighted by Gasteiger charge is 2.30. The highest BCUT2D eigenvalue weighted by atomic mass is 16.5. The summed E-state index contributed by atoms with van der Waals surface area (Å²) in [6.45, 7) is 4.64. The minimum atomic E-state index is 0.506. The molecule has 0 aromatic heterocycles. The molecule has 1 heterocycles. The van der Waals surface area contributed by atoms with Crippen LogP contribution < -0.4 is 0 Å². The summed E-state index contributed by atoms with van der Waals surface area (Å²) < 4.78 is 5.92. The third-order valence-corrected chi connectivity index (χ3v) is 7.73. The molecule has 3 aliphatic rings. The van der Waals surface area contributed by atoms with Crippen molar-refractivity contribution in [2.24, 2.45) is 23.7 Å². The Bertz CT molecular complexity index is 396. The van der Waals surface area contributed by atoms with Gasteiger partial charge in [0.25, 0.3) is 0 Å². The Kier molecular flexibility index (Phi) is 7.74. The molecule has 0 radical (unpaired) electrons. The Hall–Kier alpha value is -0.460. The van der Waals surface area contributed by atoms with E-state index in [1.807, 2.05) is 0 Å². The van der Waals surface area contributed by atoms with Crippen LogP contribution in [0.1, 0.15) is 110 Å². The highest BCUT2D eigenvalue weighted by molar-refractivity contribution is 5.02. The van der Waals surface area contributed by atoms with Crippen molar-refractivity contribution >= 4 is 0 Å². The second-order valence-corrected chi connectivity index (χ2v) is 9.37. The van der Waals surface area contributed by atoms with Gasteiger partial charge in [-0.1, -0.05) is 52.4 Å². The van der Waals surface area contributed by atoms with E-state index in [0.717, 1.165) is 23.7 Å². The topological polar surface area (TPSA) is 9.23 Å². The maximum atomic E-state index is 5.92. The molecule has 25 heavy (non-hydrogen) atoms. The van der Waals surface area contributed by atoms with Crippen molar-refractivity contribution in [3.05, 3.63) is 11.8 Å². The van der Waals surface area contributed by atoms with Gasteiger partial charge in [-0.25, -0.2) is 0 Å². The Balaban J connectivity index is 1.32. The largest absolute Gasteiger partial charge is 0.498 e. The summed E-state index contributed by atoms with van der Waals surface area (Å²) in [7, 11) is 0. The van der Waals surface area contributed by atoms with Crippen molar-refractivity contribution in [2.45, 2.75) is 116 Å². The lowest BCUT2D eigenvalue weighted by Crippen LogP contribution is -2.25. The predicted octanol–water partition coefficient (Wildman–Crippen LogP) is 7.65. The Morgan fingerprint density at radius 1 is 0.800 bits per heavy atom. The fraction of sp³-hybridized carbons (Fsp3) is 0.917. The van der Waals surface area contributed by atoms with Crippen LogP contribution in [0.4, 0.5) is 0 Å². The maximum absolute atomic E-state index is 5.92. The molecule has 1 unspecified atom stereocenters. The van der Waals surface area contributed by atoms with E-state index >= 15 is 0 Å². The Labute approximate surface area is 157 Å². The monoisotopic (exact) mass is 346 g/mol. The van der Waals surface area contributed by atoms with Crippen LogP contribution >= 0.6 is 0 Å². The highest BCUT2D eigenvalue weighted by Crippen LogP contribution is 2.43. The first kappa shape index (κ1) is 19.3. The lowest BCUT2D eigenvalue weighted by atomic mass is 9.68. The van der Waals surface area contributed by atoms with E-state index in [1.54, 1.807) is 5.57 Å². The first-order valence-corrected chi connectivity index (χ1v) is 11.6. The SMILES string of the molecule is CCCC1CCC(CCC2CCC(C3CCC(CC)CC3)CC2)=CO1. The second-order valence-electron chi connectivity index (χ2n) is 9.37. The standard InChI is InChI=1S/C24H42O/c1-3-5-24-17-12-21(18-25-24)7-6-20-10-15-23(16-11-20)22-13-8-19(4-2)9-14-22/h18-20,22-24H,3-17H2,1-2H3. The van der Waals surface area contributed by atoms with E-state index < -0.39 is 0 Å². The van der Waals surface area contributed by atoms with Gasteiger partial charge in [-0.15, -0.1) is 0 Å². The normalized spacial score (nSPS) is 36.6. The van der Waals surface area contributed by atoms with E-state index in [0.29, 0.717) is 6.10 Å². The fourth-order valence-electron chi connectivity index (χ4n) is 5.79. The van der Waals surface area contributed by atoms with Crippen LogP contribution in [0.25, 0.3) is 0 Å². The summed E-state index contributed by atoms with van der Waals surface area (Å²) in [5, 5.41) is 0. The van der Waals surface area contributed by atoms with E-state index in [-0.39, 0.29) is 0 Å². The smallest absolute Gasteiger partial charge is 0.0981 e. The predicted molar refractivity (Wildman–Crippen MR) is 108 cm³/mol. The summed E-state index contributed by atoms with van der Waals surface area (Å²) in [4.78, 5) is 0. The molecule has 1 nitrogen and oxygen atoms in total. The van der Waals surface area contributed by atoms with Crippen molar-refractivity contribution in [1.82, 2.24) is 0 Å². The van der Waals surface area contributed by atoms with Crippen LogP contribution in [0.3, 0.4) is 0 Å². The third-order valence-electron chi connectivity index (χ3n) is 7.73. The van der Waals surface area contributed by atoms with Gasteiger partial charge < -0.3 is 4.74 Å². The van der Waals surface area contributed by atoms with Gasteiger partial charge in [0, 0.05) is 0 Å². The summed E-state index contributed by atoms with van der Waals surface area (Å²) in [6, 6.07) is 0. The molecule has 1 atom stereocenters. The van der Waals surface area contributed by atoms with Crippen molar-refractivity contribution in [2.75, 3.05) is 0 Å². The van der Waals surface area contributed by atoms with Gasteiger partial charge in [-0.2, -0.15) is 0 Å². The molecule has 0 amide bonds. The molecule has 144 valence electrons. The minimum absolute atomic E-state index is 0.506. The van der Waals surface area contributed by atoms with Crippen LogP contribution in [-0.2, 0) is 4.74 Å². The summed E-state index contributed by atoms with van der Waals surface area (Å²) in [5.74, 6) is 4.20. The van der Waals surface area contributed by atoms with Crippen LogP contribution in [0, 0.1) is 23.7 Å². The zero-order valence-corrected chi connectivity index (χ0v) is 17.0. The summed E-state index contributed by atoms with van der Waals surface area (Å²) in [5.41, 5.74) is 1.59. The van der Waals surface area contributed by atoms with Crippen molar-refractivity contribution in [3.63, 3.8) is 0 Å². The Morgan fingerprint density at radius 2 is 1.44 bits per heavy atom. The average molecular weight is 347 g/mol. The molecule has 0 spiro atoms. The molecule has 3 rings (SSSR count). The number of hydrogen-bond donors (Lipinski definition) is 0. The van der Waals surface area contributed by atoms with Crippen molar-refractivity contribution < 1.29 is 4.74 Å². The molecule has 0 bridgehead atoms. The molecule has 1 heteroatoms. The number of allylic oxidation sites excluding steroid dienone is 1. The first-order valence-electron chi connectivity index (χ1n) is 11.6. The van der Waals surface area contributed by atoms with Crippen LogP contribution in [0.15, 0.2) is 11.8 Å². The average Bonchev–Trinajstić information content (AvgIpc) is 2.68. The Morgan fingerprint density at radius 3 is 1.96 bits per heavy atom. The van der Waals surface area contributed by atoms with Gasteiger partial charge >= 0.3 is 0 Å². The van der Waals surface area contributed by atoms with Gasteiger partial charge in [0.15, 0.2) is 0 Å². The van der Waals surface area contributed by atoms with E-state index in [2.05, 4.69) is 20.1 Å². The molecule has 2 aliphatic carbocycles. The molecule has 0 aromatic carbocycles. The number of rotatable bonds is 7. The molecular formula is C24H42O. The lowest BCUT2D eigenvalue weighted by molar-refractivity contribution is 0.108. The number of ether oxygens (including phenoxy) is 1. The third kappa shape index (κ3) is 5.76. The van der Waals surface area contributed by atoms with Gasteiger partial charge in [-0.3, -0.25) is 0 Å². The van der Waals surface area contributed by atoms with E-state index in [9.17, 15) is 0 Å². The summed E-state index contributed by atoms with van der Waals surface area (Å²) >= 11 is 0. The number of hydrogen-bond acceptors (Lipinski definition) is 1. The first-order chi connectivity index (χ1) is 12.3. The summed E-state index contributed by atoms with van der Waals surface area (Å²) in [6.07, 6.45) is 24.0. The van der Waals surface area contributed by atoms with Gasteiger partial charge in [0.05, 0.1) is 12.4 Å². The fourth-order valence-corrected chi connectivity index (χ4v) is 5.79. The zero-order chi connectivity index (χ0) is 17.5. The molecule has 0 aromatic rings. The molecule has 0 N–H and O–H groups in total. The van der Waals surface area contributed by atoms with Gasteiger partial charge in [0.2, 0.25) is 0 Å². The molecule has 1 aliphatic heterocycles. The molecular weight excluding hydrogens is 304 g/mol. The quantitative estimate of drug-likeness (QED) is 0.460. The van der Waals surface area contributed by atoms with Gasteiger partial charge in [-0.05, 0) is 87.0 Å². The molecule has 2 fully saturated rings. The maximum Gasteiger partial charge on any atom is 0.0981 e. The zero-order valence-electron chi connectivity index (χ0n) is 17.0. The van der Waals surface area contributed by atoms with Crippen LogP contribution in [-0.4, -0.2) is 6.10 Å². The van der Waals surface area contributed by atoms with Crippen molar-refractivity contribution in [3.8, 4) is 0 Å². The molecule has 0 saturated heterocycles. The second kappa shape index (κ2) is 10.0. The lowest BCUT2D eigenvalue weighted by Gasteiger charge is -2.38. The van der Waals surface area contributed by atoms with Crippen LogP contribution in [0.5, 0.6) is 0 Å². The van der Waals surface area contributed by atoms with E-state index in [1.165, 1.54) is 96.3 Å².